The molecule has 16 heavy (non-hydrogen) atoms. The van der Waals surface area contributed by atoms with Crippen molar-refractivity contribution in [2.75, 3.05) is 11.2 Å². The molecule has 0 bridgehead atoms. The molecular weight excluding hydrogens is 200 g/mol. The number of nitrogens with two attached hydrogens (primary N) is 2. The van der Waals surface area contributed by atoms with Crippen LogP contribution in [0.2, 0.25) is 0 Å². The molecule has 4 heteroatoms. The van der Waals surface area contributed by atoms with Gasteiger partial charge >= 0.3 is 0 Å². The third-order valence-electron chi connectivity index (χ3n) is 2.83. The highest BCUT2D eigenvalue weighted by Gasteiger charge is 2.06. The maximum Gasteiger partial charge on any atom is 0.0737 e. The molecule has 0 aliphatic carbocycles. The molecule has 0 amide bonds. The van der Waals surface area contributed by atoms with Gasteiger partial charge in [0.1, 0.15) is 0 Å². The second kappa shape index (κ2) is 3.15. The summed E-state index contributed by atoms with van der Waals surface area (Å²) in [7, 11) is 0. The normalized spacial score (nSPS) is 11.1. The van der Waals surface area contributed by atoms with Crippen LogP contribution in [0, 0.1) is 0 Å². The summed E-state index contributed by atoms with van der Waals surface area (Å²) in [6, 6.07) is 12.0. The number of para-hydroxylation sites is 1. The molecule has 6 N–H and O–H groups in total. The second-order valence-corrected chi connectivity index (χ2v) is 3.80. The minimum atomic E-state index is 0.653. The molecule has 4 nitrogen and oxygen atoms in total. The van der Waals surface area contributed by atoms with Gasteiger partial charge in [0.2, 0.25) is 0 Å². The van der Waals surface area contributed by atoms with E-state index >= 15 is 0 Å². The smallest absolute Gasteiger partial charge is 0.0737 e. The first-order valence-electron chi connectivity index (χ1n) is 5.06. The van der Waals surface area contributed by atoms with Crippen molar-refractivity contribution in [1.29, 1.82) is 0 Å². The maximum atomic E-state index is 5.89. The van der Waals surface area contributed by atoms with Crippen molar-refractivity contribution >= 4 is 33.2 Å². The number of anilines is 2. The van der Waals surface area contributed by atoms with Crippen molar-refractivity contribution in [3.63, 3.8) is 0 Å². The van der Waals surface area contributed by atoms with Gasteiger partial charge in [0.25, 0.3) is 0 Å². The van der Waals surface area contributed by atoms with Crippen molar-refractivity contribution in [1.82, 2.24) is 4.98 Å². The first-order chi connectivity index (χ1) is 7.79. The Kier molecular flexibility index (Phi) is 1.78. The average Bonchev–Trinajstić information content (AvgIpc) is 2.66. The topological polar surface area (TPSA) is 79.9 Å². The Labute approximate surface area is 92.2 Å². The van der Waals surface area contributed by atoms with Crippen LogP contribution in [0.4, 0.5) is 11.4 Å². The third kappa shape index (κ3) is 1.14. The monoisotopic (exact) mass is 212 g/mol. The second-order valence-electron chi connectivity index (χ2n) is 3.80. The highest BCUT2D eigenvalue weighted by Crippen LogP contribution is 2.30. The van der Waals surface area contributed by atoms with E-state index in [2.05, 4.69) is 16.5 Å². The Balaban J connectivity index is 2.46. The van der Waals surface area contributed by atoms with Crippen LogP contribution in [0.1, 0.15) is 0 Å². The van der Waals surface area contributed by atoms with Crippen LogP contribution in [0.3, 0.4) is 0 Å². The minimum Gasteiger partial charge on any atom is -0.397 e. The largest absolute Gasteiger partial charge is 0.397 e. The molecule has 1 heterocycles. The van der Waals surface area contributed by atoms with E-state index in [1.807, 2.05) is 30.3 Å². The Hall–Kier alpha value is -2.20. The first kappa shape index (κ1) is 9.06. The number of hydrogen-bond acceptors (Lipinski definition) is 3. The van der Waals surface area contributed by atoms with Crippen LogP contribution >= 0.6 is 0 Å². The lowest BCUT2D eigenvalue weighted by molar-refractivity contribution is 1.36. The van der Waals surface area contributed by atoms with Crippen molar-refractivity contribution in [2.45, 2.75) is 0 Å². The van der Waals surface area contributed by atoms with Crippen molar-refractivity contribution < 1.29 is 0 Å². The summed E-state index contributed by atoms with van der Waals surface area (Å²) in [4.78, 5) is 3.33. The Morgan fingerprint density at radius 2 is 1.81 bits per heavy atom. The fourth-order valence-corrected chi connectivity index (χ4v) is 2.04. The van der Waals surface area contributed by atoms with Gasteiger partial charge in [-0.15, -0.1) is 0 Å². The lowest BCUT2D eigenvalue weighted by atomic mass is 10.1. The van der Waals surface area contributed by atoms with Gasteiger partial charge in [0.15, 0.2) is 0 Å². The van der Waals surface area contributed by atoms with Gasteiger partial charge in [-0.2, -0.15) is 0 Å². The number of H-pyrrole nitrogens is 1. The van der Waals surface area contributed by atoms with E-state index in [9.17, 15) is 0 Å². The summed E-state index contributed by atoms with van der Waals surface area (Å²) >= 11 is 0. The number of rotatable bonds is 1. The van der Waals surface area contributed by atoms with Crippen LogP contribution in [-0.4, -0.2) is 4.98 Å². The van der Waals surface area contributed by atoms with Gasteiger partial charge < -0.3 is 16.1 Å². The summed E-state index contributed by atoms with van der Waals surface area (Å²) < 4.78 is 0. The highest BCUT2D eigenvalue weighted by atomic mass is 15.2. The van der Waals surface area contributed by atoms with Crippen LogP contribution in [0.15, 0.2) is 36.4 Å². The summed E-state index contributed by atoms with van der Waals surface area (Å²) in [5.74, 6) is 5.39. The standard InChI is InChI=1S/C12H12N4/c13-9-5-8-7-3-1-2-4-10(7)15-11(8)6-12(9)16-14/h1-6,15-16H,13-14H2. The van der Waals surface area contributed by atoms with Crippen LogP contribution in [0.25, 0.3) is 21.8 Å². The van der Waals surface area contributed by atoms with E-state index in [4.69, 9.17) is 11.6 Å². The van der Waals surface area contributed by atoms with Crippen LogP contribution in [-0.2, 0) is 0 Å². The zero-order chi connectivity index (χ0) is 11.1. The number of hydrogen-bond donors (Lipinski definition) is 4. The Morgan fingerprint density at radius 3 is 2.62 bits per heavy atom. The van der Waals surface area contributed by atoms with Crippen LogP contribution < -0.4 is 17.0 Å². The molecule has 80 valence electrons. The third-order valence-corrected chi connectivity index (χ3v) is 2.83. The Morgan fingerprint density at radius 1 is 1.00 bits per heavy atom. The molecule has 2 aromatic carbocycles. The van der Waals surface area contributed by atoms with Gasteiger partial charge in [0, 0.05) is 21.8 Å². The van der Waals surface area contributed by atoms with Gasteiger partial charge in [-0.1, -0.05) is 18.2 Å². The van der Waals surface area contributed by atoms with E-state index in [1.54, 1.807) is 0 Å². The zero-order valence-electron chi connectivity index (χ0n) is 8.62. The molecule has 0 fully saturated rings. The molecule has 0 atom stereocenters. The lowest BCUT2D eigenvalue weighted by Gasteiger charge is -2.04. The minimum absolute atomic E-state index is 0.653. The lowest BCUT2D eigenvalue weighted by Crippen LogP contribution is -2.08. The summed E-state index contributed by atoms with van der Waals surface area (Å²) in [5.41, 5.74) is 12.0. The predicted molar refractivity (Wildman–Crippen MR) is 68.0 cm³/mol. The predicted octanol–water partition coefficient (Wildman–Crippen LogP) is 2.19. The van der Waals surface area contributed by atoms with Gasteiger partial charge in [0.05, 0.1) is 11.4 Å². The molecule has 3 aromatic rings. The van der Waals surface area contributed by atoms with Gasteiger partial charge in [-0.25, -0.2) is 0 Å². The number of hydrazine groups is 1. The molecule has 0 aliphatic rings. The Bertz CT molecular complexity index is 669. The molecule has 1 aromatic heterocycles. The van der Waals surface area contributed by atoms with Gasteiger partial charge in [-0.3, -0.25) is 5.84 Å². The first-order valence-corrected chi connectivity index (χ1v) is 5.06. The maximum absolute atomic E-state index is 5.89. The molecular formula is C12H12N4. The van der Waals surface area contributed by atoms with E-state index < -0.39 is 0 Å². The quantitative estimate of drug-likeness (QED) is 0.283. The molecule has 0 unspecified atom stereocenters. The SMILES string of the molecule is NNc1cc2[nH]c3ccccc3c2cc1N. The number of aromatic amines is 1. The number of aromatic nitrogens is 1. The average molecular weight is 212 g/mol. The van der Waals surface area contributed by atoms with Crippen molar-refractivity contribution in [3.8, 4) is 0 Å². The number of benzene rings is 2. The zero-order valence-corrected chi connectivity index (χ0v) is 8.62. The van der Waals surface area contributed by atoms with E-state index in [-0.39, 0.29) is 0 Å². The summed E-state index contributed by atoms with van der Waals surface area (Å²) in [6.07, 6.45) is 0. The number of nitrogen functional groups attached to an aromatic ring is 2. The summed E-state index contributed by atoms with van der Waals surface area (Å²) in [6.45, 7) is 0. The fraction of sp³-hybridized carbons (Fsp3) is 0. The highest BCUT2D eigenvalue weighted by molar-refractivity contribution is 6.09. The summed E-state index contributed by atoms with van der Waals surface area (Å²) in [5, 5.41) is 2.29. The van der Waals surface area contributed by atoms with Gasteiger partial charge in [-0.05, 0) is 18.2 Å². The van der Waals surface area contributed by atoms with E-state index in [0.717, 1.165) is 22.1 Å². The van der Waals surface area contributed by atoms with E-state index in [0.29, 0.717) is 5.69 Å². The van der Waals surface area contributed by atoms with E-state index in [1.165, 1.54) is 5.39 Å². The molecule has 0 saturated heterocycles. The molecule has 3 rings (SSSR count). The number of nitrogens with one attached hydrogen (secondary N) is 2. The van der Waals surface area contributed by atoms with Crippen LogP contribution in [0.5, 0.6) is 0 Å². The number of fused-ring (bicyclic) bond motifs is 3. The fourth-order valence-electron chi connectivity index (χ4n) is 2.04. The molecule has 0 radical (unpaired) electrons. The van der Waals surface area contributed by atoms with Crippen molar-refractivity contribution in [3.05, 3.63) is 36.4 Å². The molecule has 0 spiro atoms. The molecule has 0 aliphatic heterocycles. The van der Waals surface area contributed by atoms with Crippen molar-refractivity contribution in [2.24, 2.45) is 5.84 Å². The molecule has 0 saturated carbocycles.